The van der Waals surface area contributed by atoms with Crippen LogP contribution in [0.25, 0.3) is 0 Å². The molecule has 0 aromatic rings. The summed E-state index contributed by atoms with van der Waals surface area (Å²) in [6.07, 6.45) is 2.50. The maximum absolute atomic E-state index is 10.6. The van der Waals surface area contributed by atoms with Gasteiger partial charge in [-0.2, -0.15) is 0 Å². The highest BCUT2D eigenvalue weighted by molar-refractivity contribution is 5.78. The third kappa shape index (κ3) is 4.61. The first-order valence-electron chi connectivity index (χ1n) is 3.79. The molecule has 0 saturated carbocycles. The molecule has 0 radical (unpaired) electrons. The van der Waals surface area contributed by atoms with E-state index in [4.69, 9.17) is 5.73 Å². The zero-order valence-electron chi connectivity index (χ0n) is 6.75. The van der Waals surface area contributed by atoms with Crippen molar-refractivity contribution in [3.05, 3.63) is 4.91 Å². The molecule has 1 atom stereocenters. The second kappa shape index (κ2) is 5.97. The van der Waals surface area contributed by atoms with Crippen LogP contribution >= 0.6 is 0 Å². The Morgan fingerprint density at radius 3 is 2.64 bits per heavy atom. The number of carbonyl (C=O) groups is 1. The highest BCUT2D eigenvalue weighted by Gasteiger charge is 2.11. The van der Waals surface area contributed by atoms with Gasteiger partial charge in [-0.15, -0.1) is 4.91 Å². The quantitative estimate of drug-likeness (QED) is 0.480. The van der Waals surface area contributed by atoms with E-state index in [1.807, 2.05) is 0 Å². The van der Waals surface area contributed by atoms with E-state index in [9.17, 15) is 9.70 Å². The molecule has 0 spiro atoms. The molecule has 4 nitrogen and oxygen atoms in total. The maximum atomic E-state index is 10.6. The number of amides is 1. The highest BCUT2D eigenvalue weighted by atomic mass is 16.3. The van der Waals surface area contributed by atoms with Gasteiger partial charge < -0.3 is 5.73 Å². The van der Waals surface area contributed by atoms with Crippen molar-refractivity contribution in [3.63, 3.8) is 0 Å². The molecular weight excluding hydrogens is 144 g/mol. The van der Waals surface area contributed by atoms with Crippen molar-refractivity contribution in [1.82, 2.24) is 0 Å². The van der Waals surface area contributed by atoms with Gasteiger partial charge in [0.1, 0.15) is 0 Å². The summed E-state index contributed by atoms with van der Waals surface area (Å²) < 4.78 is 0. The molecule has 0 aliphatic heterocycles. The number of hydrogen-bond donors (Lipinski definition) is 1. The lowest BCUT2D eigenvalue weighted by Crippen LogP contribution is -2.08. The molecule has 1 amide bonds. The van der Waals surface area contributed by atoms with E-state index in [2.05, 4.69) is 5.18 Å². The van der Waals surface area contributed by atoms with Crippen molar-refractivity contribution in [2.75, 3.05) is 6.54 Å². The fourth-order valence-corrected chi connectivity index (χ4v) is 0.808. The Labute approximate surface area is 66.1 Å². The molecular formula is C7H14N2O2. The fraction of sp³-hybridized carbons (Fsp3) is 0.857. The summed E-state index contributed by atoms with van der Waals surface area (Å²) >= 11 is 0. The van der Waals surface area contributed by atoms with Crippen LogP contribution in [0.2, 0.25) is 0 Å². The molecule has 0 heterocycles. The number of rotatable bonds is 5. The summed E-state index contributed by atoms with van der Waals surface area (Å²) in [5, 5.41) is 2.35. The molecule has 0 fully saturated rings. The van der Waals surface area contributed by atoms with Crippen molar-refractivity contribution in [1.29, 1.82) is 0 Å². The van der Waals surface area contributed by atoms with Gasteiger partial charge >= 0.3 is 0 Å². The Hall–Kier alpha value is -0.770. The summed E-state index contributed by atoms with van der Waals surface area (Å²) in [5.74, 6) is -0.791. The van der Waals surface area contributed by atoms with E-state index in [1.54, 1.807) is 6.92 Å². The second-order valence-electron chi connectivity index (χ2n) is 2.62. The summed E-state index contributed by atoms with van der Waals surface area (Å²) in [6.45, 7) is 2.34. The van der Waals surface area contributed by atoms with Crippen molar-refractivity contribution in [2.45, 2.75) is 26.2 Å². The Bertz CT molecular complexity index is 136. The number of nitrogens with zero attached hydrogens (tertiary/aromatic N) is 1. The molecule has 1 unspecified atom stereocenters. The molecule has 0 bridgehead atoms. The van der Waals surface area contributed by atoms with Gasteiger partial charge in [-0.3, -0.25) is 4.79 Å². The average Bonchev–Trinajstić information content (AvgIpc) is 2.03. The van der Waals surface area contributed by atoms with Gasteiger partial charge in [-0.25, -0.2) is 0 Å². The Kier molecular flexibility index (Phi) is 5.56. The summed E-state index contributed by atoms with van der Waals surface area (Å²) in [5.41, 5.74) is 5.25. The minimum Gasteiger partial charge on any atom is -0.330 e. The number of hydrogen-bond acceptors (Lipinski definition) is 3. The Morgan fingerprint density at radius 2 is 2.18 bits per heavy atom. The first-order valence-corrected chi connectivity index (χ1v) is 3.79. The van der Waals surface area contributed by atoms with Crippen LogP contribution in [0.15, 0.2) is 5.18 Å². The largest absolute Gasteiger partial charge is 0.330 e. The van der Waals surface area contributed by atoms with E-state index in [-0.39, 0.29) is 5.92 Å². The van der Waals surface area contributed by atoms with Crippen molar-refractivity contribution < 1.29 is 4.79 Å². The average molecular weight is 158 g/mol. The van der Waals surface area contributed by atoms with E-state index in [1.165, 1.54) is 0 Å². The molecule has 0 saturated heterocycles. The fourth-order valence-electron chi connectivity index (χ4n) is 0.808. The van der Waals surface area contributed by atoms with E-state index in [0.29, 0.717) is 13.0 Å². The summed E-state index contributed by atoms with van der Waals surface area (Å²) in [6, 6.07) is 0. The monoisotopic (exact) mass is 158 g/mol. The van der Waals surface area contributed by atoms with Gasteiger partial charge in [0.25, 0.3) is 5.91 Å². The van der Waals surface area contributed by atoms with E-state index >= 15 is 0 Å². The number of carbonyl (C=O) groups excluding carboxylic acids is 1. The van der Waals surface area contributed by atoms with Crippen LogP contribution in [0, 0.1) is 10.8 Å². The number of unbranched alkanes of at least 4 members (excludes halogenated alkanes) is 1. The van der Waals surface area contributed by atoms with Gasteiger partial charge in [0, 0.05) is 11.1 Å². The van der Waals surface area contributed by atoms with Crippen LogP contribution in [0.3, 0.4) is 0 Å². The minimum absolute atomic E-state index is 0.237. The zero-order chi connectivity index (χ0) is 8.69. The number of nitroso groups, excluding NO2 is 1. The number of nitrogens with two attached hydrogens (primary N) is 1. The van der Waals surface area contributed by atoms with Gasteiger partial charge in [0.05, 0.1) is 0 Å². The van der Waals surface area contributed by atoms with E-state index < -0.39 is 5.91 Å². The van der Waals surface area contributed by atoms with Crippen LogP contribution < -0.4 is 5.73 Å². The lowest BCUT2D eigenvalue weighted by atomic mass is 10.0. The predicted octanol–water partition coefficient (Wildman–Crippen LogP) is 1.04. The van der Waals surface area contributed by atoms with Crippen LogP contribution in [0.1, 0.15) is 26.2 Å². The third-order valence-corrected chi connectivity index (χ3v) is 1.60. The molecule has 0 aliphatic carbocycles. The van der Waals surface area contributed by atoms with Crippen LogP contribution in [-0.2, 0) is 4.79 Å². The lowest BCUT2D eigenvalue weighted by molar-refractivity contribution is -0.121. The summed E-state index contributed by atoms with van der Waals surface area (Å²) in [7, 11) is 0. The molecule has 2 N–H and O–H groups in total. The van der Waals surface area contributed by atoms with Crippen molar-refractivity contribution >= 4 is 5.91 Å². The Morgan fingerprint density at radius 1 is 1.55 bits per heavy atom. The third-order valence-electron chi connectivity index (χ3n) is 1.60. The predicted molar refractivity (Wildman–Crippen MR) is 42.9 cm³/mol. The topological polar surface area (TPSA) is 72.5 Å². The molecule has 4 heteroatoms. The lowest BCUT2D eigenvalue weighted by Gasteiger charge is -2.02. The van der Waals surface area contributed by atoms with Gasteiger partial charge in [-0.05, 0) is 19.4 Å². The van der Waals surface area contributed by atoms with E-state index in [0.717, 1.165) is 12.8 Å². The molecule has 0 aromatic heterocycles. The molecule has 0 aliphatic rings. The van der Waals surface area contributed by atoms with Gasteiger partial charge in [-0.1, -0.05) is 13.3 Å². The molecule has 11 heavy (non-hydrogen) atoms. The van der Waals surface area contributed by atoms with Crippen LogP contribution in [0.4, 0.5) is 0 Å². The van der Waals surface area contributed by atoms with Crippen LogP contribution in [0.5, 0.6) is 0 Å². The SMILES string of the molecule is CC(CCCCN)C(=O)N=O. The van der Waals surface area contributed by atoms with Crippen molar-refractivity contribution in [3.8, 4) is 0 Å². The van der Waals surface area contributed by atoms with Crippen molar-refractivity contribution in [2.24, 2.45) is 16.8 Å². The first-order chi connectivity index (χ1) is 5.22. The second-order valence-corrected chi connectivity index (χ2v) is 2.62. The van der Waals surface area contributed by atoms with Gasteiger partial charge in [0.2, 0.25) is 0 Å². The smallest absolute Gasteiger partial charge is 0.289 e. The highest BCUT2D eigenvalue weighted by Crippen LogP contribution is 2.08. The normalized spacial score (nSPS) is 12.5. The standard InChI is InChI=1S/C7H14N2O2/c1-6(7(10)9-11)4-2-3-5-8/h6H,2-5,8H2,1H3. The maximum Gasteiger partial charge on any atom is 0.289 e. The molecule has 0 aromatic carbocycles. The first kappa shape index (κ1) is 10.2. The van der Waals surface area contributed by atoms with Gasteiger partial charge in [0.15, 0.2) is 0 Å². The van der Waals surface area contributed by atoms with Crippen LogP contribution in [-0.4, -0.2) is 12.5 Å². The molecule has 64 valence electrons. The molecule has 0 rings (SSSR count). The summed E-state index contributed by atoms with van der Waals surface area (Å²) in [4.78, 5) is 20.4. The Balaban J connectivity index is 3.43. The zero-order valence-corrected chi connectivity index (χ0v) is 6.75. The minimum atomic E-state index is -0.554.